The Bertz CT molecular complexity index is 1600. The van der Waals surface area contributed by atoms with Crippen LogP contribution in [0, 0.1) is 6.92 Å². The Morgan fingerprint density at radius 1 is 1.23 bits per heavy atom. The third kappa shape index (κ3) is 6.10. The van der Waals surface area contributed by atoms with Crippen LogP contribution in [0.15, 0.2) is 52.0 Å². The van der Waals surface area contributed by atoms with E-state index >= 15 is 0 Å². The Hall–Kier alpha value is -3.03. The van der Waals surface area contributed by atoms with E-state index < -0.39 is 10.0 Å². The quantitative estimate of drug-likeness (QED) is 0.304. The normalized spacial score (nSPS) is 15.6. The number of thiazole rings is 1. The number of rotatable bonds is 10. The van der Waals surface area contributed by atoms with Crippen molar-refractivity contribution in [2.75, 3.05) is 26.1 Å². The molecule has 1 aliphatic heterocycles. The van der Waals surface area contributed by atoms with Gasteiger partial charge in [-0.2, -0.15) is 0 Å². The van der Waals surface area contributed by atoms with Gasteiger partial charge in [-0.3, -0.25) is 9.20 Å². The molecule has 208 valence electrons. The lowest BCUT2D eigenvalue weighted by atomic mass is 9.99. The van der Waals surface area contributed by atoms with Crippen molar-refractivity contribution in [2.24, 2.45) is 5.14 Å². The molecule has 4 heterocycles. The molecule has 3 aromatic heterocycles. The fourth-order valence-corrected chi connectivity index (χ4v) is 6.63. The Balaban J connectivity index is 1.64. The molecule has 1 aliphatic rings. The second-order valence-corrected chi connectivity index (χ2v) is 12.2. The zero-order valence-electron chi connectivity index (χ0n) is 21.8. The maximum absolute atomic E-state index is 13.6. The van der Waals surface area contributed by atoms with Crippen LogP contribution < -0.4 is 15.4 Å². The van der Waals surface area contributed by atoms with Gasteiger partial charge in [0.15, 0.2) is 0 Å². The molecule has 12 heteroatoms. The summed E-state index contributed by atoms with van der Waals surface area (Å²) >= 11 is 1.40. The number of aromatic nitrogens is 2. The van der Waals surface area contributed by atoms with Gasteiger partial charge < -0.3 is 18.6 Å². The molecular formula is C27H31N3O7S2. The molecule has 4 aromatic rings. The van der Waals surface area contributed by atoms with Crippen molar-refractivity contribution in [3.63, 3.8) is 0 Å². The van der Waals surface area contributed by atoms with Crippen molar-refractivity contribution in [1.82, 2.24) is 9.38 Å². The second kappa shape index (κ2) is 11.6. The highest BCUT2D eigenvalue weighted by molar-refractivity contribution is 7.89. The zero-order valence-corrected chi connectivity index (χ0v) is 23.4. The van der Waals surface area contributed by atoms with E-state index in [4.69, 9.17) is 23.8 Å². The summed E-state index contributed by atoms with van der Waals surface area (Å²) in [5, 5.41) is 5.28. The van der Waals surface area contributed by atoms with E-state index in [0.29, 0.717) is 42.5 Å². The summed E-state index contributed by atoms with van der Waals surface area (Å²) in [6.45, 7) is 3.10. The van der Waals surface area contributed by atoms with Gasteiger partial charge >= 0.3 is 0 Å². The molecule has 0 unspecified atom stereocenters. The van der Waals surface area contributed by atoms with E-state index in [9.17, 15) is 13.2 Å². The number of para-hydroxylation sites is 1. The maximum Gasteiger partial charge on any atom is 0.259 e. The first-order chi connectivity index (χ1) is 18.7. The van der Waals surface area contributed by atoms with Crippen molar-refractivity contribution in [3.05, 3.63) is 75.5 Å². The van der Waals surface area contributed by atoms with Gasteiger partial charge in [0.1, 0.15) is 21.7 Å². The van der Waals surface area contributed by atoms with E-state index in [0.717, 1.165) is 33.7 Å². The van der Waals surface area contributed by atoms with Crippen LogP contribution in [0.25, 0.3) is 15.6 Å². The minimum atomic E-state index is -3.76. The van der Waals surface area contributed by atoms with Crippen LogP contribution in [-0.4, -0.2) is 50.0 Å². The average Bonchev–Trinajstić information content (AvgIpc) is 3.57. The molecule has 1 fully saturated rings. The van der Waals surface area contributed by atoms with Gasteiger partial charge in [0.25, 0.3) is 5.56 Å². The van der Waals surface area contributed by atoms with Crippen LogP contribution in [0.5, 0.6) is 5.75 Å². The van der Waals surface area contributed by atoms with Crippen LogP contribution in [0.2, 0.25) is 0 Å². The van der Waals surface area contributed by atoms with Gasteiger partial charge in [-0.05, 0) is 43.9 Å². The summed E-state index contributed by atoms with van der Waals surface area (Å²) in [6.07, 6.45) is 4.64. The standard InChI is InChI=1S/C27H31N3O7S2/c1-17-24(25-29-10-13-36-25)38-27-19(15-18(26(31)30(17)27)9-14-39(28,32)33)16-23(37-20-7-11-35-12-8-20)21-5-3-4-6-22(21)34-2/h3-6,10,13,15,20,23H,7-9,11-12,14,16H2,1-2H3,(H2,28,32,33)/t23-/m0/s1. The zero-order chi connectivity index (χ0) is 27.6. The van der Waals surface area contributed by atoms with E-state index in [1.807, 2.05) is 31.2 Å². The highest BCUT2D eigenvalue weighted by Gasteiger charge is 2.27. The lowest BCUT2D eigenvalue weighted by Gasteiger charge is -2.29. The van der Waals surface area contributed by atoms with Gasteiger partial charge in [0, 0.05) is 36.5 Å². The molecule has 0 spiro atoms. The fourth-order valence-electron chi connectivity index (χ4n) is 4.92. The summed E-state index contributed by atoms with van der Waals surface area (Å²) in [6, 6.07) is 9.51. The lowest BCUT2D eigenvalue weighted by Crippen LogP contribution is -2.27. The molecular weight excluding hydrogens is 542 g/mol. The Labute approximate surface area is 230 Å². The number of methoxy groups -OCH3 is 1. The Kier molecular flexibility index (Phi) is 8.19. The van der Waals surface area contributed by atoms with Gasteiger partial charge in [-0.15, -0.1) is 11.3 Å². The minimum Gasteiger partial charge on any atom is -0.496 e. The molecule has 0 amide bonds. The summed E-state index contributed by atoms with van der Waals surface area (Å²) in [7, 11) is -2.14. The fraction of sp³-hybridized carbons (Fsp3) is 0.407. The number of sulfonamides is 1. The summed E-state index contributed by atoms with van der Waals surface area (Å²) in [5.41, 5.74) is 2.47. The number of nitrogens with two attached hydrogens (primary N) is 1. The molecule has 0 aliphatic carbocycles. The number of benzene rings is 1. The molecule has 1 atom stereocenters. The molecule has 1 aromatic carbocycles. The van der Waals surface area contributed by atoms with Crippen molar-refractivity contribution < 1.29 is 27.0 Å². The first-order valence-electron chi connectivity index (χ1n) is 12.7. The highest BCUT2D eigenvalue weighted by Crippen LogP contribution is 2.37. The molecule has 1 saturated heterocycles. The molecule has 5 rings (SSSR count). The highest BCUT2D eigenvalue weighted by atomic mass is 32.2. The van der Waals surface area contributed by atoms with Crippen LogP contribution in [0.3, 0.4) is 0 Å². The number of nitrogens with zero attached hydrogens (tertiary/aromatic N) is 2. The predicted octanol–water partition coefficient (Wildman–Crippen LogP) is 3.64. The third-order valence-corrected chi connectivity index (χ3v) is 8.95. The largest absolute Gasteiger partial charge is 0.496 e. The molecule has 0 saturated carbocycles. The van der Waals surface area contributed by atoms with Crippen LogP contribution >= 0.6 is 11.3 Å². The van der Waals surface area contributed by atoms with Crippen LogP contribution in [0.1, 0.15) is 41.3 Å². The van der Waals surface area contributed by atoms with Gasteiger partial charge in [-0.1, -0.05) is 18.2 Å². The van der Waals surface area contributed by atoms with Gasteiger partial charge in [-0.25, -0.2) is 18.5 Å². The number of primary sulfonamides is 1. The van der Waals surface area contributed by atoms with Crippen molar-refractivity contribution in [1.29, 1.82) is 0 Å². The Morgan fingerprint density at radius 2 is 2.00 bits per heavy atom. The molecule has 0 bridgehead atoms. The molecule has 0 radical (unpaired) electrons. The van der Waals surface area contributed by atoms with E-state index in [-0.39, 0.29) is 29.9 Å². The average molecular weight is 574 g/mol. The number of ether oxygens (including phenoxy) is 3. The smallest absolute Gasteiger partial charge is 0.259 e. The maximum atomic E-state index is 13.6. The van der Waals surface area contributed by atoms with E-state index in [1.54, 1.807) is 23.8 Å². The lowest BCUT2D eigenvalue weighted by molar-refractivity contribution is -0.0699. The van der Waals surface area contributed by atoms with E-state index in [2.05, 4.69) is 4.98 Å². The van der Waals surface area contributed by atoms with Crippen molar-refractivity contribution >= 4 is 26.2 Å². The molecule has 39 heavy (non-hydrogen) atoms. The SMILES string of the molecule is COc1ccccc1[C@H](Cc1cc(CCS(N)(=O)=O)c(=O)n2c(C)c(-c3ncco3)sc12)OC1CCOCC1. The topological polar surface area (TPSA) is 135 Å². The third-order valence-electron chi connectivity index (χ3n) is 6.87. The minimum absolute atomic E-state index is 0.00260. The molecule has 10 nitrogen and oxygen atoms in total. The number of hydrogen-bond donors (Lipinski definition) is 1. The second-order valence-electron chi connectivity index (χ2n) is 9.49. The first-order valence-corrected chi connectivity index (χ1v) is 15.2. The monoisotopic (exact) mass is 573 g/mol. The van der Waals surface area contributed by atoms with Crippen molar-refractivity contribution in [2.45, 2.75) is 44.8 Å². The number of pyridine rings is 1. The van der Waals surface area contributed by atoms with Crippen LogP contribution in [-0.2, 0) is 32.3 Å². The summed E-state index contributed by atoms with van der Waals surface area (Å²) in [5.74, 6) is 0.784. The Morgan fingerprint density at radius 3 is 2.69 bits per heavy atom. The summed E-state index contributed by atoms with van der Waals surface area (Å²) in [4.78, 5) is 19.3. The van der Waals surface area contributed by atoms with Crippen molar-refractivity contribution in [3.8, 4) is 16.5 Å². The number of oxazole rings is 1. The molecule has 2 N–H and O–H groups in total. The van der Waals surface area contributed by atoms with Gasteiger partial charge in [0.05, 0.1) is 31.3 Å². The summed E-state index contributed by atoms with van der Waals surface area (Å²) < 4.78 is 48.5. The van der Waals surface area contributed by atoms with Crippen LogP contribution in [0.4, 0.5) is 0 Å². The predicted molar refractivity (Wildman–Crippen MR) is 148 cm³/mol. The number of fused-ring (bicyclic) bond motifs is 1. The number of hydrogen-bond acceptors (Lipinski definition) is 9. The van der Waals surface area contributed by atoms with E-state index in [1.165, 1.54) is 17.6 Å². The first kappa shape index (κ1) is 27.5. The number of aryl methyl sites for hydroxylation is 2. The van der Waals surface area contributed by atoms with Gasteiger partial charge in [0.2, 0.25) is 15.9 Å².